The van der Waals surface area contributed by atoms with E-state index in [1.165, 1.54) is 6.07 Å². The fourth-order valence-electron chi connectivity index (χ4n) is 2.64. The highest BCUT2D eigenvalue weighted by Gasteiger charge is 2.22. The number of phenolic OH excluding ortho intramolecular Hbond substituents is 2. The summed E-state index contributed by atoms with van der Waals surface area (Å²) in [6.07, 6.45) is 2.13. The molecule has 0 amide bonds. The van der Waals surface area contributed by atoms with Gasteiger partial charge >= 0.3 is 0 Å². The molecule has 116 valence electrons. The number of benzene rings is 1. The van der Waals surface area contributed by atoms with Crippen molar-refractivity contribution in [1.29, 1.82) is 0 Å². The van der Waals surface area contributed by atoms with Crippen molar-refractivity contribution in [1.82, 2.24) is 10.2 Å². The molecule has 3 N–H and O–H groups in total. The van der Waals surface area contributed by atoms with E-state index in [0.29, 0.717) is 0 Å². The molecule has 1 saturated heterocycles. The van der Waals surface area contributed by atoms with Crippen molar-refractivity contribution < 1.29 is 10.2 Å². The lowest BCUT2D eigenvalue weighted by Gasteiger charge is -2.35. The number of hydrogen-bond donors (Lipinski definition) is 3. The maximum absolute atomic E-state index is 9.62. The molecule has 6 heteroatoms. The van der Waals surface area contributed by atoms with Crippen LogP contribution in [0.2, 0.25) is 0 Å². The van der Waals surface area contributed by atoms with E-state index in [1.54, 1.807) is 12.1 Å². The van der Waals surface area contributed by atoms with Crippen LogP contribution in [0.4, 0.5) is 0 Å². The van der Waals surface area contributed by atoms with Gasteiger partial charge in [0.05, 0.1) is 0 Å². The summed E-state index contributed by atoms with van der Waals surface area (Å²) >= 11 is 0. The molecule has 0 unspecified atom stereocenters. The SMILES string of the molecule is CCC[C@H](c1cc(O)cc(O)c1)N1CCNCC1.Cl.Cl. The molecular formula is C14H24Cl2N2O2. The quantitative estimate of drug-likeness (QED) is 0.797. The topological polar surface area (TPSA) is 55.7 Å². The van der Waals surface area contributed by atoms with Crippen LogP contribution in [0.3, 0.4) is 0 Å². The predicted molar refractivity (Wildman–Crippen MR) is 86.4 cm³/mol. The van der Waals surface area contributed by atoms with Gasteiger partial charge in [-0.05, 0) is 24.1 Å². The minimum absolute atomic E-state index is 0. The Labute approximate surface area is 133 Å². The molecule has 1 aromatic carbocycles. The predicted octanol–water partition coefficient (Wildman–Crippen LogP) is 2.69. The molecular weight excluding hydrogens is 299 g/mol. The first-order chi connectivity index (χ1) is 8.70. The average Bonchev–Trinajstić information content (AvgIpc) is 2.36. The minimum Gasteiger partial charge on any atom is -0.508 e. The summed E-state index contributed by atoms with van der Waals surface area (Å²) in [5.41, 5.74) is 1.01. The molecule has 1 aliphatic heterocycles. The van der Waals surface area contributed by atoms with Crippen LogP contribution >= 0.6 is 24.8 Å². The lowest BCUT2D eigenvalue weighted by atomic mass is 9.99. The Bertz CT molecular complexity index is 379. The molecule has 0 radical (unpaired) electrons. The van der Waals surface area contributed by atoms with Gasteiger partial charge in [0.1, 0.15) is 11.5 Å². The van der Waals surface area contributed by atoms with Crippen LogP contribution in [0.1, 0.15) is 31.4 Å². The number of rotatable bonds is 4. The van der Waals surface area contributed by atoms with Gasteiger partial charge in [0.15, 0.2) is 0 Å². The second kappa shape index (κ2) is 9.29. The Balaban J connectivity index is 0.00000180. The third kappa shape index (κ3) is 5.02. The molecule has 0 saturated carbocycles. The largest absolute Gasteiger partial charge is 0.508 e. The summed E-state index contributed by atoms with van der Waals surface area (Å²) in [6, 6.07) is 5.20. The van der Waals surface area contributed by atoms with E-state index < -0.39 is 0 Å². The van der Waals surface area contributed by atoms with Gasteiger partial charge in [0.2, 0.25) is 0 Å². The first kappa shape index (κ1) is 19.3. The lowest BCUT2D eigenvalue weighted by Crippen LogP contribution is -2.45. The van der Waals surface area contributed by atoms with E-state index in [9.17, 15) is 10.2 Å². The van der Waals surface area contributed by atoms with Crippen molar-refractivity contribution in [3.8, 4) is 11.5 Å². The van der Waals surface area contributed by atoms with Crippen LogP contribution in [0.5, 0.6) is 11.5 Å². The van der Waals surface area contributed by atoms with Crippen LogP contribution in [0, 0.1) is 0 Å². The van der Waals surface area contributed by atoms with Gasteiger partial charge in [0, 0.05) is 38.3 Å². The highest BCUT2D eigenvalue weighted by atomic mass is 35.5. The summed E-state index contributed by atoms with van der Waals surface area (Å²) in [5.74, 6) is 0.280. The van der Waals surface area contributed by atoms with Crippen molar-refractivity contribution >= 4 is 24.8 Å². The van der Waals surface area contributed by atoms with Crippen LogP contribution < -0.4 is 5.32 Å². The summed E-state index contributed by atoms with van der Waals surface area (Å²) in [5, 5.41) is 22.6. The van der Waals surface area contributed by atoms with Gasteiger partial charge in [-0.25, -0.2) is 0 Å². The normalized spacial score (nSPS) is 16.9. The monoisotopic (exact) mass is 322 g/mol. The summed E-state index contributed by atoms with van der Waals surface area (Å²) in [7, 11) is 0. The standard InChI is InChI=1S/C14H22N2O2.2ClH/c1-2-3-14(16-6-4-15-5-7-16)11-8-12(17)10-13(18)9-11;;/h8-10,14-15,17-18H,2-7H2,1H3;2*1H/t14-;;/m1../s1. The molecule has 1 atom stereocenters. The minimum atomic E-state index is 0. The zero-order valence-electron chi connectivity index (χ0n) is 11.7. The Morgan fingerprint density at radius 1 is 1.10 bits per heavy atom. The van der Waals surface area contributed by atoms with Crippen LogP contribution in [-0.2, 0) is 0 Å². The lowest BCUT2D eigenvalue weighted by molar-refractivity contribution is 0.164. The fourth-order valence-corrected chi connectivity index (χ4v) is 2.64. The fraction of sp³-hybridized carbons (Fsp3) is 0.571. The molecule has 4 nitrogen and oxygen atoms in total. The molecule has 0 aromatic heterocycles. The average molecular weight is 323 g/mol. The van der Waals surface area contributed by atoms with Crippen molar-refractivity contribution in [3.05, 3.63) is 23.8 Å². The molecule has 1 aromatic rings. The van der Waals surface area contributed by atoms with Crippen molar-refractivity contribution in [2.75, 3.05) is 26.2 Å². The third-order valence-corrected chi connectivity index (χ3v) is 3.46. The molecule has 0 spiro atoms. The van der Waals surface area contributed by atoms with Crippen molar-refractivity contribution in [2.24, 2.45) is 0 Å². The second-order valence-corrected chi connectivity index (χ2v) is 4.87. The van der Waals surface area contributed by atoms with Gasteiger partial charge in [-0.1, -0.05) is 13.3 Å². The number of aromatic hydroxyl groups is 2. The Hall–Kier alpha value is -0.680. The highest BCUT2D eigenvalue weighted by Crippen LogP contribution is 2.31. The van der Waals surface area contributed by atoms with Crippen LogP contribution in [0.25, 0.3) is 0 Å². The Morgan fingerprint density at radius 2 is 1.65 bits per heavy atom. The zero-order valence-corrected chi connectivity index (χ0v) is 13.3. The second-order valence-electron chi connectivity index (χ2n) is 4.87. The first-order valence-corrected chi connectivity index (χ1v) is 6.68. The van der Waals surface area contributed by atoms with Gasteiger partial charge in [-0.3, -0.25) is 4.90 Å². The molecule has 0 aliphatic carbocycles. The van der Waals surface area contributed by atoms with Crippen molar-refractivity contribution in [3.63, 3.8) is 0 Å². The Kier molecular flexibility index (Phi) is 8.98. The van der Waals surface area contributed by atoms with E-state index >= 15 is 0 Å². The summed E-state index contributed by atoms with van der Waals surface area (Å²) in [4.78, 5) is 2.42. The molecule has 1 aliphatic rings. The van der Waals surface area contributed by atoms with Gasteiger partial charge in [-0.2, -0.15) is 0 Å². The summed E-state index contributed by atoms with van der Waals surface area (Å²) < 4.78 is 0. The van der Waals surface area contributed by atoms with E-state index in [-0.39, 0.29) is 42.4 Å². The highest BCUT2D eigenvalue weighted by molar-refractivity contribution is 5.85. The smallest absolute Gasteiger partial charge is 0.119 e. The van der Waals surface area contributed by atoms with Crippen LogP contribution in [0.15, 0.2) is 18.2 Å². The molecule has 1 fully saturated rings. The maximum atomic E-state index is 9.62. The Morgan fingerprint density at radius 3 is 2.15 bits per heavy atom. The van der Waals surface area contributed by atoms with E-state index in [1.807, 2.05) is 0 Å². The van der Waals surface area contributed by atoms with Gasteiger partial charge in [-0.15, -0.1) is 24.8 Å². The van der Waals surface area contributed by atoms with Gasteiger partial charge < -0.3 is 15.5 Å². The zero-order chi connectivity index (χ0) is 13.0. The number of nitrogens with zero attached hydrogens (tertiary/aromatic N) is 1. The number of phenols is 2. The molecule has 20 heavy (non-hydrogen) atoms. The number of hydrogen-bond acceptors (Lipinski definition) is 4. The van der Waals surface area contributed by atoms with E-state index in [0.717, 1.165) is 44.6 Å². The number of nitrogens with one attached hydrogen (secondary N) is 1. The molecule has 0 bridgehead atoms. The number of halogens is 2. The molecule has 1 heterocycles. The van der Waals surface area contributed by atoms with Crippen LogP contribution in [-0.4, -0.2) is 41.3 Å². The first-order valence-electron chi connectivity index (χ1n) is 6.68. The van der Waals surface area contributed by atoms with E-state index in [4.69, 9.17) is 0 Å². The molecule has 2 rings (SSSR count). The maximum Gasteiger partial charge on any atom is 0.119 e. The third-order valence-electron chi connectivity index (χ3n) is 3.46. The number of piperazine rings is 1. The van der Waals surface area contributed by atoms with Gasteiger partial charge in [0.25, 0.3) is 0 Å². The van der Waals surface area contributed by atoms with Crippen molar-refractivity contribution in [2.45, 2.75) is 25.8 Å². The summed E-state index contributed by atoms with van der Waals surface area (Å²) in [6.45, 7) is 6.20. The van der Waals surface area contributed by atoms with E-state index in [2.05, 4.69) is 17.1 Å².